The fourth-order valence-electron chi connectivity index (χ4n) is 2.18. The van der Waals surface area contributed by atoms with Gasteiger partial charge in [0, 0.05) is 18.7 Å². The number of nitro benzene ring substituents is 1. The van der Waals surface area contributed by atoms with Gasteiger partial charge in [0.2, 0.25) is 10.0 Å². The molecule has 0 aliphatic rings. The number of sulfonamides is 1. The maximum atomic E-state index is 12.1. The quantitative estimate of drug-likeness (QED) is 0.623. The first-order valence-electron chi connectivity index (χ1n) is 7.13. The number of non-ortho nitro benzene ring substituents is 1. The molecule has 2 rings (SSSR count). The first kappa shape index (κ1) is 17.1. The van der Waals surface area contributed by atoms with E-state index in [1.165, 1.54) is 18.2 Å². The van der Waals surface area contributed by atoms with Gasteiger partial charge in [-0.15, -0.1) is 0 Å². The molecule has 122 valence electrons. The molecule has 6 nitrogen and oxygen atoms in total. The molecule has 0 bridgehead atoms. The van der Waals surface area contributed by atoms with Crippen molar-refractivity contribution in [3.63, 3.8) is 0 Å². The van der Waals surface area contributed by atoms with Crippen molar-refractivity contribution in [2.75, 3.05) is 6.54 Å². The van der Waals surface area contributed by atoms with E-state index in [-0.39, 0.29) is 23.9 Å². The molecule has 0 radical (unpaired) electrons. The molecule has 2 aromatic carbocycles. The Labute approximate surface area is 135 Å². The maximum absolute atomic E-state index is 12.1. The predicted molar refractivity (Wildman–Crippen MR) is 88.6 cm³/mol. The third kappa shape index (κ3) is 5.15. The summed E-state index contributed by atoms with van der Waals surface area (Å²) in [7, 11) is -3.55. The van der Waals surface area contributed by atoms with E-state index in [2.05, 4.69) is 4.72 Å². The molecule has 0 spiro atoms. The number of rotatable bonds is 7. The van der Waals surface area contributed by atoms with Crippen LogP contribution in [0.15, 0.2) is 54.6 Å². The Bertz CT molecular complexity index is 776. The predicted octanol–water partition coefficient (Wildman–Crippen LogP) is 2.82. The lowest BCUT2D eigenvalue weighted by molar-refractivity contribution is -0.384. The summed E-state index contributed by atoms with van der Waals surface area (Å²) in [6.07, 6.45) is 0. The number of hydrogen-bond acceptors (Lipinski definition) is 4. The SMILES string of the molecule is CC(CNS(=O)(=O)Cc1cccc([N+](=O)[O-])c1)c1ccccc1. The number of nitrogens with zero attached hydrogens (tertiary/aromatic N) is 1. The Hall–Kier alpha value is -2.25. The van der Waals surface area contributed by atoms with Crippen molar-refractivity contribution in [3.8, 4) is 0 Å². The van der Waals surface area contributed by atoms with Crippen molar-refractivity contribution in [3.05, 3.63) is 75.8 Å². The number of nitrogens with one attached hydrogen (secondary N) is 1. The van der Waals surface area contributed by atoms with Crippen molar-refractivity contribution in [2.24, 2.45) is 0 Å². The molecule has 0 saturated heterocycles. The molecular weight excluding hydrogens is 316 g/mol. The molecule has 1 unspecified atom stereocenters. The van der Waals surface area contributed by atoms with Crippen LogP contribution in [0.2, 0.25) is 0 Å². The lowest BCUT2D eigenvalue weighted by Gasteiger charge is -2.13. The van der Waals surface area contributed by atoms with Crippen molar-refractivity contribution >= 4 is 15.7 Å². The fourth-order valence-corrected chi connectivity index (χ4v) is 3.41. The van der Waals surface area contributed by atoms with Gasteiger partial charge in [-0.05, 0) is 17.0 Å². The topological polar surface area (TPSA) is 89.3 Å². The minimum absolute atomic E-state index is 0.0380. The monoisotopic (exact) mass is 334 g/mol. The van der Waals surface area contributed by atoms with Gasteiger partial charge in [-0.1, -0.05) is 49.4 Å². The Kier molecular flexibility index (Phi) is 5.46. The summed E-state index contributed by atoms with van der Waals surface area (Å²) in [6, 6.07) is 15.3. The van der Waals surface area contributed by atoms with Gasteiger partial charge >= 0.3 is 0 Å². The Balaban J connectivity index is 1.99. The second-order valence-electron chi connectivity index (χ2n) is 5.35. The number of hydrogen-bond donors (Lipinski definition) is 1. The van der Waals surface area contributed by atoms with E-state index in [0.29, 0.717) is 5.56 Å². The average Bonchev–Trinajstić information content (AvgIpc) is 2.53. The van der Waals surface area contributed by atoms with Crippen LogP contribution in [0.3, 0.4) is 0 Å². The van der Waals surface area contributed by atoms with Crippen molar-refractivity contribution in [1.29, 1.82) is 0 Å². The van der Waals surface area contributed by atoms with Crippen LogP contribution in [0.1, 0.15) is 24.0 Å². The zero-order chi connectivity index (χ0) is 16.9. The molecule has 0 saturated carbocycles. The second kappa shape index (κ2) is 7.34. The Morgan fingerprint density at radius 2 is 1.83 bits per heavy atom. The van der Waals surface area contributed by atoms with E-state index < -0.39 is 14.9 Å². The van der Waals surface area contributed by atoms with E-state index in [1.54, 1.807) is 6.07 Å². The molecule has 0 fully saturated rings. The Morgan fingerprint density at radius 1 is 1.13 bits per heavy atom. The third-order valence-corrected chi connectivity index (χ3v) is 4.78. The molecule has 23 heavy (non-hydrogen) atoms. The minimum Gasteiger partial charge on any atom is -0.258 e. The van der Waals surface area contributed by atoms with Crippen LogP contribution >= 0.6 is 0 Å². The van der Waals surface area contributed by atoms with Crippen molar-refractivity contribution < 1.29 is 13.3 Å². The first-order chi connectivity index (χ1) is 10.9. The molecule has 0 amide bonds. The fraction of sp³-hybridized carbons (Fsp3) is 0.250. The smallest absolute Gasteiger partial charge is 0.258 e. The molecule has 1 N–H and O–H groups in total. The lowest BCUT2D eigenvalue weighted by atomic mass is 10.0. The zero-order valence-electron chi connectivity index (χ0n) is 12.7. The highest BCUT2D eigenvalue weighted by Gasteiger charge is 2.15. The Morgan fingerprint density at radius 3 is 2.48 bits per heavy atom. The van der Waals surface area contributed by atoms with Gasteiger partial charge in [0.05, 0.1) is 10.7 Å². The summed E-state index contributed by atoms with van der Waals surface area (Å²) in [6.45, 7) is 2.21. The largest absolute Gasteiger partial charge is 0.269 e. The van der Waals surface area contributed by atoms with Crippen LogP contribution in [0.5, 0.6) is 0 Å². The van der Waals surface area contributed by atoms with E-state index in [1.807, 2.05) is 37.3 Å². The number of benzene rings is 2. The standard InChI is InChI=1S/C16H18N2O4S/c1-13(15-7-3-2-4-8-15)11-17-23(21,22)12-14-6-5-9-16(10-14)18(19)20/h2-10,13,17H,11-12H2,1H3. The van der Waals surface area contributed by atoms with Crippen LogP contribution in [-0.4, -0.2) is 19.9 Å². The molecule has 2 aromatic rings. The molecule has 0 aromatic heterocycles. The van der Waals surface area contributed by atoms with Gasteiger partial charge in [-0.2, -0.15) is 0 Å². The van der Waals surface area contributed by atoms with Crippen LogP contribution in [0, 0.1) is 10.1 Å². The highest BCUT2D eigenvalue weighted by Crippen LogP contribution is 2.16. The lowest BCUT2D eigenvalue weighted by Crippen LogP contribution is -2.28. The highest BCUT2D eigenvalue weighted by molar-refractivity contribution is 7.88. The maximum Gasteiger partial charge on any atom is 0.269 e. The van der Waals surface area contributed by atoms with Gasteiger partial charge in [0.15, 0.2) is 0 Å². The van der Waals surface area contributed by atoms with Gasteiger partial charge < -0.3 is 0 Å². The van der Waals surface area contributed by atoms with E-state index in [9.17, 15) is 18.5 Å². The molecule has 0 aliphatic heterocycles. The van der Waals surface area contributed by atoms with Gasteiger partial charge in [0.1, 0.15) is 0 Å². The highest BCUT2D eigenvalue weighted by atomic mass is 32.2. The van der Waals surface area contributed by atoms with Crippen LogP contribution in [0.25, 0.3) is 0 Å². The molecule has 7 heteroatoms. The van der Waals surface area contributed by atoms with Gasteiger partial charge in [-0.3, -0.25) is 10.1 Å². The summed E-state index contributed by atoms with van der Waals surface area (Å²) in [4.78, 5) is 10.2. The molecule has 0 heterocycles. The second-order valence-corrected chi connectivity index (χ2v) is 7.15. The summed E-state index contributed by atoms with van der Waals surface area (Å²) >= 11 is 0. The van der Waals surface area contributed by atoms with Crippen LogP contribution < -0.4 is 4.72 Å². The van der Waals surface area contributed by atoms with E-state index in [4.69, 9.17) is 0 Å². The van der Waals surface area contributed by atoms with Gasteiger partial charge in [0.25, 0.3) is 5.69 Å². The summed E-state index contributed by atoms with van der Waals surface area (Å²) in [5.74, 6) is -0.244. The molecule has 1 atom stereocenters. The van der Waals surface area contributed by atoms with E-state index >= 15 is 0 Å². The summed E-state index contributed by atoms with van der Waals surface area (Å²) in [5.41, 5.74) is 1.32. The van der Waals surface area contributed by atoms with Crippen LogP contribution in [-0.2, 0) is 15.8 Å². The number of nitro groups is 1. The minimum atomic E-state index is -3.55. The summed E-state index contributed by atoms with van der Waals surface area (Å²) in [5, 5.41) is 10.7. The van der Waals surface area contributed by atoms with Gasteiger partial charge in [-0.25, -0.2) is 13.1 Å². The molecule has 0 aliphatic carbocycles. The third-order valence-electron chi connectivity index (χ3n) is 3.46. The zero-order valence-corrected chi connectivity index (χ0v) is 13.5. The van der Waals surface area contributed by atoms with Crippen LogP contribution in [0.4, 0.5) is 5.69 Å². The molecular formula is C16H18N2O4S. The average molecular weight is 334 g/mol. The normalized spacial score (nSPS) is 12.7. The van der Waals surface area contributed by atoms with Crippen molar-refractivity contribution in [2.45, 2.75) is 18.6 Å². The van der Waals surface area contributed by atoms with E-state index in [0.717, 1.165) is 5.56 Å². The summed E-state index contributed by atoms with van der Waals surface area (Å²) < 4.78 is 26.8. The van der Waals surface area contributed by atoms with Crippen molar-refractivity contribution in [1.82, 2.24) is 4.72 Å². The first-order valence-corrected chi connectivity index (χ1v) is 8.78.